The lowest BCUT2D eigenvalue weighted by atomic mass is 10.1. The third-order valence-electron chi connectivity index (χ3n) is 4.28. The number of rotatable bonds is 9. The number of benzene rings is 1. The molecule has 0 saturated carbocycles. The number of amides is 4. The van der Waals surface area contributed by atoms with Gasteiger partial charge in [-0.05, 0) is 30.7 Å². The van der Waals surface area contributed by atoms with Gasteiger partial charge in [0, 0.05) is 19.5 Å². The van der Waals surface area contributed by atoms with Crippen molar-refractivity contribution in [2.75, 3.05) is 13.1 Å². The van der Waals surface area contributed by atoms with Crippen molar-refractivity contribution in [3.05, 3.63) is 35.9 Å². The van der Waals surface area contributed by atoms with Crippen LogP contribution in [-0.2, 0) is 16.0 Å². The Morgan fingerprint density at radius 3 is 2.64 bits per heavy atom. The van der Waals surface area contributed by atoms with Gasteiger partial charge in [0.2, 0.25) is 5.91 Å². The number of nitrogens with zero attached hydrogens (tertiary/aromatic N) is 1. The fraction of sp³-hybridized carbons (Fsp3) is 0.526. The number of imide groups is 1. The van der Waals surface area contributed by atoms with Gasteiger partial charge in [-0.1, -0.05) is 44.2 Å². The molecule has 0 unspecified atom stereocenters. The molecule has 6 nitrogen and oxygen atoms in total. The Balaban J connectivity index is 1.75. The van der Waals surface area contributed by atoms with Gasteiger partial charge in [0.15, 0.2) is 0 Å². The molecule has 1 aromatic carbocycles. The van der Waals surface area contributed by atoms with E-state index in [-0.39, 0.29) is 24.3 Å². The maximum Gasteiger partial charge on any atom is 0.324 e. The van der Waals surface area contributed by atoms with Crippen LogP contribution in [0.1, 0.15) is 38.7 Å². The maximum atomic E-state index is 12.4. The van der Waals surface area contributed by atoms with Crippen molar-refractivity contribution < 1.29 is 14.4 Å². The highest BCUT2D eigenvalue weighted by Crippen LogP contribution is 2.12. The molecule has 1 heterocycles. The van der Waals surface area contributed by atoms with Crippen LogP contribution in [0.4, 0.5) is 4.79 Å². The van der Waals surface area contributed by atoms with Crippen LogP contribution in [0, 0.1) is 5.92 Å². The van der Waals surface area contributed by atoms with Crippen molar-refractivity contribution >= 4 is 17.8 Å². The number of nitrogens with one attached hydrogen (secondary N) is 2. The highest BCUT2D eigenvalue weighted by atomic mass is 16.2. The molecular weight excluding hydrogens is 318 g/mol. The van der Waals surface area contributed by atoms with Gasteiger partial charge < -0.3 is 10.6 Å². The van der Waals surface area contributed by atoms with E-state index in [2.05, 4.69) is 24.5 Å². The quantitative estimate of drug-likeness (QED) is 0.673. The van der Waals surface area contributed by atoms with Gasteiger partial charge in [0.05, 0.1) is 0 Å². The zero-order chi connectivity index (χ0) is 18.2. The monoisotopic (exact) mass is 345 g/mol. The summed E-state index contributed by atoms with van der Waals surface area (Å²) in [6, 6.07) is 8.77. The second-order valence-corrected chi connectivity index (χ2v) is 6.80. The predicted octanol–water partition coefficient (Wildman–Crippen LogP) is 2.09. The highest BCUT2D eigenvalue weighted by molar-refractivity contribution is 6.04. The molecule has 1 saturated heterocycles. The summed E-state index contributed by atoms with van der Waals surface area (Å²) in [5, 5.41) is 5.52. The van der Waals surface area contributed by atoms with E-state index in [1.54, 1.807) is 0 Å². The van der Waals surface area contributed by atoms with Gasteiger partial charge >= 0.3 is 6.03 Å². The Hall–Kier alpha value is -2.37. The lowest BCUT2D eigenvalue weighted by Gasteiger charge is -2.13. The molecule has 136 valence electrons. The molecule has 2 N–H and O–H groups in total. The van der Waals surface area contributed by atoms with Crippen LogP contribution in [0.3, 0.4) is 0 Å². The lowest BCUT2D eigenvalue weighted by molar-refractivity contribution is -0.127. The zero-order valence-corrected chi connectivity index (χ0v) is 15.0. The van der Waals surface area contributed by atoms with E-state index in [9.17, 15) is 14.4 Å². The lowest BCUT2D eigenvalue weighted by Crippen LogP contribution is -2.34. The van der Waals surface area contributed by atoms with E-state index in [4.69, 9.17) is 0 Å². The van der Waals surface area contributed by atoms with E-state index in [0.29, 0.717) is 31.8 Å². The molecule has 0 aliphatic carbocycles. The van der Waals surface area contributed by atoms with Crippen LogP contribution in [0.25, 0.3) is 0 Å². The third kappa shape index (κ3) is 5.89. The first-order chi connectivity index (χ1) is 12.0. The molecule has 25 heavy (non-hydrogen) atoms. The SMILES string of the molecule is CC(C)CCNC(=O)CC[C@@H]1NC(=O)N(CCc2ccccc2)C1=O. The summed E-state index contributed by atoms with van der Waals surface area (Å²) < 4.78 is 0. The molecule has 2 rings (SSSR count). The van der Waals surface area contributed by atoms with Crippen LogP contribution in [0.5, 0.6) is 0 Å². The number of carbonyl (C=O) groups is 3. The predicted molar refractivity (Wildman–Crippen MR) is 95.9 cm³/mol. The van der Waals surface area contributed by atoms with Crippen LogP contribution in [0.2, 0.25) is 0 Å². The summed E-state index contributed by atoms with van der Waals surface area (Å²) in [6.07, 6.45) is 2.13. The number of carbonyl (C=O) groups excluding carboxylic acids is 3. The molecule has 0 aromatic heterocycles. The Labute approximate surface area is 149 Å². The van der Waals surface area contributed by atoms with E-state index in [1.165, 1.54) is 4.90 Å². The fourth-order valence-corrected chi connectivity index (χ4v) is 2.73. The standard InChI is InChI=1S/C19H27N3O3/c1-14(2)10-12-20-17(23)9-8-16-18(24)22(19(25)21-16)13-11-15-6-4-3-5-7-15/h3-7,14,16H,8-13H2,1-2H3,(H,20,23)(H,21,25)/t16-/m0/s1. The zero-order valence-electron chi connectivity index (χ0n) is 15.0. The van der Waals surface area contributed by atoms with E-state index in [0.717, 1.165) is 12.0 Å². The minimum atomic E-state index is -0.598. The van der Waals surface area contributed by atoms with Gasteiger partial charge in [0.1, 0.15) is 6.04 Å². The average Bonchev–Trinajstić information content (AvgIpc) is 2.85. The normalized spacial score (nSPS) is 17.1. The van der Waals surface area contributed by atoms with E-state index < -0.39 is 6.04 Å². The summed E-state index contributed by atoms with van der Waals surface area (Å²) in [6.45, 7) is 5.20. The minimum absolute atomic E-state index is 0.0783. The van der Waals surface area contributed by atoms with Crippen molar-refractivity contribution in [1.29, 1.82) is 0 Å². The maximum absolute atomic E-state index is 12.4. The Morgan fingerprint density at radius 2 is 1.96 bits per heavy atom. The summed E-state index contributed by atoms with van der Waals surface area (Å²) in [5.74, 6) is 0.218. The van der Waals surface area contributed by atoms with Crippen LogP contribution in [0.15, 0.2) is 30.3 Å². The molecule has 1 atom stereocenters. The van der Waals surface area contributed by atoms with Crippen LogP contribution >= 0.6 is 0 Å². The van der Waals surface area contributed by atoms with Crippen molar-refractivity contribution in [2.45, 2.75) is 45.6 Å². The molecule has 0 radical (unpaired) electrons. The highest BCUT2D eigenvalue weighted by Gasteiger charge is 2.37. The molecular formula is C19H27N3O3. The summed E-state index contributed by atoms with van der Waals surface area (Å²) in [7, 11) is 0. The van der Waals surface area contributed by atoms with Gasteiger partial charge in [-0.2, -0.15) is 0 Å². The van der Waals surface area contributed by atoms with Crippen LogP contribution < -0.4 is 10.6 Å². The fourth-order valence-electron chi connectivity index (χ4n) is 2.73. The molecule has 1 aromatic rings. The Kier molecular flexibility index (Phi) is 6.98. The number of hydrogen-bond donors (Lipinski definition) is 2. The second kappa shape index (κ2) is 9.20. The smallest absolute Gasteiger partial charge is 0.324 e. The van der Waals surface area contributed by atoms with Gasteiger partial charge in [-0.15, -0.1) is 0 Å². The molecule has 0 spiro atoms. The van der Waals surface area contributed by atoms with Crippen LogP contribution in [-0.4, -0.2) is 41.9 Å². The topological polar surface area (TPSA) is 78.5 Å². The van der Waals surface area contributed by atoms with E-state index in [1.807, 2.05) is 30.3 Å². The van der Waals surface area contributed by atoms with Crippen molar-refractivity contribution in [2.24, 2.45) is 5.92 Å². The van der Waals surface area contributed by atoms with Crippen molar-refractivity contribution in [3.63, 3.8) is 0 Å². The van der Waals surface area contributed by atoms with Crippen molar-refractivity contribution in [1.82, 2.24) is 15.5 Å². The van der Waals surface area contributed by atoms with Gasteiger partial charge in [-0.25, -0.2) is 4.79 Å². The minimum Gasteiger partial charge on any atom is -0.356 e. The summed E-state index contributed by atoms with van der Waals surface area (Å²) in [5.41, 5.74) is 1.08. The largest absolute Gasteiger partial charge is 0.356 e. The summed E-state index contributed by atoms with van der Waals surface area (Å²) in [4.78, 5) is 37.4. The first-order valence-corrected chi connectivity index (χ1v) is 8.90. The molecule has 1 aliphatic heterocycles. The third-order valence-corrected chi connectivity index (χ3v) is 4.28. The summed E-state index contributed by atoms with van der Waals surface area (Å²) >= 11 is 0. The Bertz CT molecular complexity index is 601. The Morgan fingerprint density at radius 1 is 1.24 bits per heavy atom. The number of hydrogen-bond acceptors (Lipinski definition) is 3. The second-order valence-electron chi connectivity index (χ2n) is 6.80. The molecule has 1 fully saturated rings. The van der Waals surface area contributed by atoms with Gasteiger partial charge in [-0.3, -0.25) is 14.5 Å². The average molecular weight is 345 g/mol. The molecule has 1 aliphatic rings. The van der Waals surface area contributed by atoms with Gasteiger partial charge in [0.25, 0.3) is 5.91 Å². The van der Waals surface area contributed by atoms with Crippen molar-refractivity contribution in [3.8, 4) is 0 Å². The first kappa shape index (κ1) is 19.0. The van der Waals surface area contributed by atoms with E-state index >= 15 is 0 Å². The molecule has 4 amide bonds. The molecule has 0 bridgehead atoms. The first-order valence-electron chi connectivity index (χ1n) is 8.90. The number of urea groups is 1. The molecule has 6 heteroatoms.